The van der Waals surface area contributed by atoms with E-state index in [2.05, 4.69) is 42.0 Å². The highest BCUT2D eigenvalue weighted by atomic mass is 79.9. The zero-order valence-electron chi connectivity index (χ0n) is 12.6. The molecule has 0 aliphatic heterocycles. The van der Waals surface area contributed by atoms with Crippen LogP contribution in [0.4, 0.5) is 4.39 Å². The number of ether oxygens (including phenoxy) is 1. The van der Waals surface area contributed by atoms with Gasteiger partial charge in [-0.3, -0.25) is 0 Å². The van der Waals surface area contributed by atoms with Crippen molar-refractivity contribution in [2.45, 2.75) is 52.0 Å². The average Bonchev–Trinajstić information content (AvgIpc) is 2.35. The van der Waals surface area contributed by atoms with Crippen LogP contribution in [0.15, 0.2) is 22.7 Å². The van der Waals surface area contributed by atoms with Crippen LogP contribution in [0, 0.1) is 5.82 Å². The highest BCUT2D eigenvalue weighted by Crippen LogP contribution is 2.25. The van der Waals surface area contributed by atoms with E-state index in [1.54, 1.807) is 6.07 Å². The molecule has 0 aromatic heterocycles. The van der Waals surface area contributed by atoms with Crippen molar-refractivity contribution >= 4 is 15.9 Å². The van der Waals surface area contributed by atoms with E-state index in [1.165, 1.54) is 25.0 Å². The predicted octanol–water partition coefficient (Wildman–Crippen LogP) is 4.92. The van der Waals surface area contributed by atoms with Crippen LogP contribution in [0.5, 0.6) is 5.75 Å². The van der Waals surface area contributed by atoms with E-state index >= 15 is 0 Å². The van der Waals surface area contributed by atoms with Crippen molar-refractivity contribution in [2.75, 3.05) is 13.2 Å². The van der Waals surface area contributed by atoms with E-state index in [0.717, 1.165) is 23.9 Å². The smallest absolute Gasteiger partial charge is 0.136 e. The van der Waals surface area contributed by atoms with Gasteiger partial charge < -0.3 is 10.1 Å². The van der Waals surface area contributed by atoms with Crippen molar-refractivity contribution in [3.8, 4) is 5.75 Å². The van der Waals surface area contributed by atoms with E-state index < -0.39 is 0 Å². The van der Waals surface area contributed by atoms with Gasteiger partial charge in [-0.25, -0.2) is 4.39 Å². The predicted molar refractivity (Wildman–Crippen MR) is 85.8 cm³/mol. The number of hydrogen-bond acceptors (Lipinski definition) is 2. The van der Waals surface area contributed by atoms with Crippen LogP contribution in [0.3, 0.4) is 0 Å². The second-order valence-corrected chi connectivity index (χ2v) is 6.87. The lowest BCUT2D eigenvalue weighted by Crippen LogP contribution is -2.36. The van der Waals surface area contributed by atoms with E-state index in [4.69, 9.17) is 4.74 Å². The third-order valence-electron chi connectivity index (χ3n) is 2.88. The minimum Gasteiger partial charge on any atom is -0.492 e. The molecule has 0 fully saturated rings. The Kier molecular flexibility index (Phi) is 7.52. The van der Waals surface area contributed by atoms with E-state index in [1.807, 2.05) is 0 Å². The number of rotatable bonds is 8. The van der Waals surface area contributed by atoms with E-state index in [0.29, 0.717) is 12.4 Å². The maximum absolute atomic E-state index is 13.1. The van der Waals surface area contributed by atoms with Gasteiger partial charge in [-0.1, -0.05) is 12.8 Å². The number of halogens is 2. The molecule has 1 N–H and O–H groups in total. The van der Waals surface area contributed by atoms with Gasteiger partial charge in [0.1, 0.15) is 11.6 Å². The lowest BCUT2D eigenvalue weighted by atomic mass is 10.1. The van der Waals surface area contributed by atoms with Crippen LogP contribution >= 0.6 is 15.9 Å². The van der Waals surface area contributed by atoms with Gasteiger partial charge in [0.25, 0.3) is 0 Å². The second kappa shape index (κ2) is 8.63. The molecule has 0 bridgehead atoms. The van der Waals surface area contributed by atoms with Gasteiger partial charge in [0.05, 0.1) is 11.1 Å². The van der Waals surface area contributed by atoms with E-state index in [-0.39, 0.29) is 11.4 Å². The lowest BCUT2D eigenvalue weighted by molar-refractivity contribution is 0.300. The fourth-order valence-electron chi connectivity index (χ4n) is 1.81. The molecule has 4 heteroatoms. The van der Waals surface area contributed by atoms with Gasteiger partial charge in [-0.2, -0.15) is 0 Å². The normalized spacial score (nSPS) is 11.7. The fraction of sp³-hybridized carbons (Fsp3) is 0.625. The Morgan fingerprint density at radius 1 is 1.15 bits per heavy atom. The molecule has 1 aromatic rings. The first-order valence-corrected chi connectivity index (χ1v) is 8.01. The summed E-state index contributed by atoms with van der Waals surface area (Å²) in [6, 6.07) is 4.50. The highest BCUT2D eigenvalue weighted by molar-refractivity contribution is 9.10. The average molecular weight is 346 g/mol. The summed E-state index contributed by atoms with van der Waals surface area (Å²) in [5.41, 5.74) is 0.201. The standard InChI is InChI=1S/C16H25BrFNO/c1-16(2,3)19-10-6-4-5-7-11-20-15-12-13(18)8-9-14(15)17/h8-9,12,19H,4-7,10-11H2,1-3H3. The minimum atomic E-state index is -0.267. The quantitative estimate of drug-likeness (QED) is 0.675. The van der Waals surface area contributed by atoms with Gasteiger partial charge in [-0.15, -0.1) is 0 Å². The Morgan fingerprint density at radius 3 is 2.55 bits per heavy atom. The summed E-state index contributed by atoms with van der Waals surface area (Å²) in [5.74, 6) is 0.316. The summed E-state index contributed by atoms with van der Waals surface area (Å²) in [6.45, 7) is 8.22. The lowest BCUT2D eigenvalue weighted by Gasteiger charge is -2.20. The van der Waals surface area contributed by atoms with Crippen LogP contribution < -0.4 is 10.1 Å². The molecule has 20 heavy (non-hydrogen) atoms. The van der Waals surface area contributed by atoms with Crippen molar-refractivity contribution in [1.29, 1.82) is 0 Å². The summed E-state index contributed by atoms with van der Waals surface area (Å²) < 4.78 is 19.4. The SMILES string of the molecule is CC(C)(C)NCCCCCCOc1cc(F)ccc1Br. The molecule has 114 valence electrons. The van der Waals surface area contributed by atoms with Crippen molar-refractivity contribution in [3.05, 3.63) is 28.5 Å². The van der Waals surface area contributed by atoms with Crippen molar-refractivity contribution in [3.63, 3.8) is 0 Å². The molecule has 0 radical (unpaired) electrons. The monoisotopic (exact) mass is 345 g/mol. The molecule has 0 saturated heterocycles. The molecule has 0 amide bonds. The first-order chi connectivity index (χ1) is 9.38. The van der Waals surface area contributed by atoms with Gasteiger partial charge in [0, 0.05) is 11.6 Å². The molecular formula is C16H25BrFNO. The van der Waals surface area contributed by atoms with E-state index in [9.17, 15) is 4.39 Å². The summed E-state index contributed by atoms with van der Waals surface area (Å²) >= 11 is 3.35. The molecule has 1 aromatic carbocycles. The first-order valence-electron chi connectivity index (χ1n) is 7.21. The fourth-order valence-corrected chi connectivity index (χ4v) is 2.18. The van der Waals surface area contributed by atoms with Gasteiger partial charge in [0.15, 0.2) is 0 Å². The molecule has 2 nitrogen and oxygen atoms in total. The minimum absolute atomic E-state index is 0.201. The van der Waals surface area contributed by atoms with Crippen molar-refractivity contribution in [2.24, 2.45) is 0 Å². The molecule has 0 atom stereocenters. The molecule has 0 aliphatic carbocycles. The Morgan fingerprint density at radius 2 is 1.85 bits per heavy atom. The zero-order valence-corrected chi connectivity index (χ0v) is 14.2. The molecule has 0 heterocycles. The second-order valence-electron chi connectivity index (χ2n) is 6.01. The summed E-state index contributed by atoms with van der Waals surface area (Å²) in [7, 11) is 0. The summed E-state index contributed by atoms with van der Waals surface area (Å²) in [5, 5.41) is 3.47. The molecular weight excluding hydrogens is 321 g/mol. The van der Waals surface area contributed by atoms with Crippen LogP contribution in [0.2, 0.25) is 0 Å². The molecule has 0 saturated carbocycles. The van der Waals surface area contributed by atoms with Crippen LogP contribution in [-0.2, 0) is 0 Å². The van der Waals surface area contributed by atoms with Gasteiger partial charge in [0.2, 0.25) is 0 Å². The Labute approximate surface area is 130 Å². The zero-order chi connectivity index (χ0) is 15.0. The van der Waals surface area contributed by atoms with Crippen molar-refractivity contribution < 1.29 is 9.13 Å². The van der Waals surface area contributed by atoms with Crippen molar-refractivity contribution in [1.82, 2.24) is 5.32 Å². The maximum Gasteiger partial charge on any atom is 0.136 e. The number of benzene rings is 1. The third-order valence-corrected chi connectivity index (χ3v) is 3.53. The molecule has 1 rings (SSSR count). The number of unbranched alkanes of at least 4 members (excludes halogenated alkanes) is 3. The molecule has 0 unspecified atom stereocenters. The van der Waals surface area contributed by atoms with Gasteiger partial charge >= 0.3 is 0 Å². The Hall–Kier alpha value is -0.610. The largest absolute Gasteiger partial charge is 0.492 e. The summed E-state index contributed by atoms with van der Waals surface area (Å²) in [4.78, 5) is 0. The Balaban J connectivity index is 2.06. The summed E-state index contributed by atoms with van der Waals surface area (Å²) in [6.07, 6.45) is 4.51. The maximum atomic E-state index is 13.1. The third kappa shape index (κ3) is 7.85. The van der Waals surface area contributed by atoms with Gasteiger partial charge in [-0.05, 0) is 68.2 Å². The number of hydrogen-bond donors (Lipinski definition) is 1. The first kappa shape index (κ1) is 17.4. The van der Waals surface area contributed by atoms with Crippen LogP contribution in [0.1, 0.15) is 46.5 Å². The number of nitrogens with one attached hydrogen (secondary N) is 1. The molecule has 0 aliphatic rings. The van der Waals surface area contributed by atoms with Crippen LogP contribution in [-0.4, -0.2) is 18.7 Å². The molecule has 0 spiro atoms. The van der Waals surface area contributed by atoms with Crippen LogP contribution in [0.25, 0.3) is 0 Å². The highest BCUT2D eigenvalue weighted by Gasteiger charge is 2.07. The Bertz CT molecular complexity index is 404. The topological polar surface area (TPSA) is 21.3 Å².